The van der Waals surface area contributed by atoms with E-state index in [0.29, 0.717) is 18.7 Å². The first-order valence-electron chi connectivity index (χ1n) is 7.62. The van der Waals surface area contributed by atoms with Crippen LogP contribution in [0.4, 0.5) is 4.39 Å². The third-order valence-corrected chi connectivity index (χ3v) is 4.16. The van der Waals surface area contributed by atoms with Gasteiger partial charge >= 0.3 is 0 Å². The van der Waals surface area contributed by atoms with E-state index in [4.69, 9.17) is 4.74 Å². The van der Waals surface area contributed by atoms with Gasteiger partial charge in [-0.1, -0.05) is 19.8 Å². The molecule has 6 heteroatoms. The molecule has 0 unspecified atom stereocenters. The van der Waals surface area contributed by atoms with E-state index in [0.717, 1.165) is 0 Å². The van der Waals surface area contributed by atoms with Crippen molar-refractivity contribution in [3.05, 3.63) is 33.9 Å². The fourth-order valence-corrected chi connectivity index (χ4v) is 3.18. The van der Waals surface area contributed by atoms with Crippen LogP contribution in [-0.2, 0) is 13.1 Å². The molecule has 0 saturated heterocycles. The second kappa shape index (κ2) is 5.45. The molecule has 5 nitrogen and oxygen atoms in total. The molecule has 0 bridgehead atoms. The number of rotatable bonds is 2. The predicted molar refractivity (Wildman–Crippen MR) is 88.6 cm³/mol. The van der Waals surface area contributed by atoms with E-state index in [1.807, 2.05) is 13.8 Å². The molecule has 1 aliphatic rings. The van der Waals surface area contributed by atoms with Crippen LogP contribution in [-0.4, -0.2) is 21.6 Å². The molecule has 0 radical (unpaired) electrons. The summed E-state index contributed by atoms with van der Waals surface area (Å²) in [6.45, 7) is 6.60. The highest BCUT2D eigenvalue weighted by Gasteiger charge is 2.35. The van der Waals surface area contributed by atoms with Crippen LogP contribution in [0.15, 0.2) is 16.9 Å². The van der Waals surface area contributed by atoms with Crippen molar-refractivity contribution in [2.45, 2.75) is 33.9 Å². The summed E-state index contributed by atoms with van der Waals surface area (Å²) < 4.78 is 22.9. The maximum Gasteiger partial charge on any atom is 0.278 e. The number of methoxy groups -OCH3 is 1. The van der Waals surface area contributed by atoms with E-state index in [1.54, 1.807) is 13.0 Å². The molecule has 0 amide bonds. The van der Waals surface area contributed by atoms with Crippen LogP contribution in [0.5, 0.6) is 11.6 Å². The van der Waals surface area contributed by atoms with Crippen LogP contribution in [0.25, 0.3) is 11.1 Å². The molecular weight excluding hydrogens is 311 g/mol. The molecule has 1 aliphatic heterocycles. The zero-order valence-corrected chi connectivity index (χ0v) is 14.1. The fourth-order valence-electron chi connectivity index (χ4n) is 3.18. The van der Waals surface area contributed by atoms with Gasteiger partial charge in [-0.15, -0.1) is 5.92 Å². The Morgan fingerprint density at radius 2 is 1.92 bits per heavy atom. The zero-order valence-electron chi connectivity index (χ0n) is 14.1. The number of fused-ring (bicyclic) bond motifs is 1. The molecular formula is C18H19FN2O3. The van der Waals surface area contributed by atoms with Gasteiger partial charge in [-0.3, -0.25) is 9.48 Å². The van der Waals surface area contributed by atoms with Gasteiger partial charge in [-0.2, -0.15) is 0 Å². The van der Waals surface area contributed by atoms with Crippen molar-refractivity contribution in [3.8, 4) is 34.6 Å². The molecule has 0 atom stereocenters. The summed E-state index contributed by atoms with van der Waals surface area (Å²) in [7, 11) is 1.39. The summed E-state index contributed by atoms with van der Waals surface area (Å²) in [5, 5.41) is 10.5. The van der Waals surface area contributed by atoms with Crippen molar-refractivity contribution in [2.24, 2.45) is 5.41 Å². The quantitative estimate of drug-likeness (QED) is 0.861. The SMILES string of the molecule is CC#Cc1cc(F)c(-c2c(O)n3n(c2=O)CC(C)(C)C3)c(OC)c1. The Kier molecular flexibility index (Phi) is 3.67. The Morgan fingerprint density at radius 1 is 1.25 bits per heavy atom. The largest absolute Gasteiger partial charge is 0.496 e. The molecule has 3 rings (SSSR count). The zero-order chi connectivity index (χ0) is 17.6. The molecule has 1 aromatic carbocycles. The molecule has 0 fully saturated rings. The highest BCUT2D eigenvalue weighted by molar-refractivity contribution is 5.75. The molecule has 0 aliphatic carbocycles. The lowest BCUT2D eigenvalue weighted by molar-refractivity contribution is 0.333. The molecule has 0 spiro atoms. The van der Waals surface area contributed by atoms with E-state index < -0.39 is 11.4 Å². The monoisotopic (exact) mass is 330 g/mol. The average molecular weight is 330 g/mol. The van der Waals surface area contributed by atoms with Crippen molar-refractivity contribution in [1.82, 2.24) is 9.36 Å². The Hall–Kier alpha value is -2.68. The number of aromatic hydroxyl groups is 1. The number of benzene rings is 1. The third-order valence-electron chi connectivity index (χ3n) is 4.16. The second-order valence-electron chi connectivity index (χ2n) is 6.69. The van der Waals surface area contributed by atoms with Crippen LogP contribution < -0.4 is 10.3 Å². The summed E-state index contributed by atoms with van der Waals surface area (Å²) in [5.41, 5.74) is -0.226. The molecule has 24 heavy (non-hydrogen) atoms. The lowest BCUT2D eigenvalue weighted by Gasteiger charge is -2.14. The second-order valence-corrected chi connectivity index (χ2v) is 6.69. The number of ether oxygens (including phenoxy) is 1. The van der Waals surface area contributed by atoms with Gasteiger partial charge in [-0.25, -0.2) is 9.07 Å². The van der Waals surface area contributed by atoms with E-state index >= 15 is 0 Å². The average Bonchev–Trinajstić information content (AvgIpc) is 2.94. The highest BCUT2D eigenvalue weighted by Crippen LogP contribution is 2.40. The summed E-state index contributed by atoms with van der Waals surface area (Å²) in [5.74, 6) is 4.74. The maximum absolute atomic E-state index is 14.7. The predicted octanol–water partition coefficient (Wildman–Crippen LogP) is 2.58. The Labute approximate surface area is 139 Å². The summed E-state index contributed by atoms with van der Waals surface area (Å²) in [4.78, 5) is 12.7. The van der Waals surface area contributed by atoms with E-state index in [-0.39, 0.29) is 28.2 Å². The smallest absolute Gasteiger partial charge is 0.278 e. The van der Waals surface area contributed by atoms with Crippen molar-refractivity contribution in [1.29, 1.82) is 0 Å². The minimum atomic E-state index is -0.649. The van der Waals surface area contributed by atoms with Gasteiger partial charge in [-0.05, 0) is 19.1 Å². The fraction of sp³-hybridized carbons (Fsp3) is 0.389. The van der Waals surface area contributed by atoms with Crippen molar-refractivity contribution in [2.75, 3.05) is 7.11 Å². The van der Waals surface area contributed by atoms with Gasteiger partial charge in [0, 0.05) is 24.1 Å². The van der Waals surface area contributed by atoms with E-state index in [1.165, 1.54) is 22.5 Å². The number of halogens is 1. The Bertz CT molecular complexity index is 942. The van der Waals surface area contributed by atoms with Gasteiger partial charge in [0.2, 0.25) is 5.88 Å². The molecule has 2 aromatic rings. The Balaban J connectivity index is 2.25. The number of hydrogen-bond acceptors (Lipinski definition) is 3. The van der Waals surface area contributed by atoms with Crippen molar-refractivity contribution < 1.29 is 14.2 Å². The highest BCUT2D eigenvalue weighted by atomic mass is 19.1. The standard InChI is InChI=1S/C18H19FN2O3/c1-5-6-11-7-12(19)14(13(8-11)24-4)15-16(22)20-9-18(2,3)10-21(20)17(15)23/h7-8,22H,9-10H2,1-4H3. The van der Waals surface area contributed by atoms with Crippen LogP contribution >= 0.6 is 0 Å². The first-order chi connectivity index (χ1) is 11.3. The molecule has 2 heterocycles. The first-order valence-corrected chi connectivity index (χ1v) is 7.62. The van der Waals surface area contributed by atoms with Crippen LogP contribution in [0.3, 0.4) is 0 Å². The molecule has 1 aromatic heterocycles. The van der Waals surface area contributed by atoms with Gasteiger partial charge in [0.15, 0.2) is 0 Å². The number of aromatic nitrogens is 2. The summed E-state index contributed by atoms with van der Waals surface area (Å²) in [6.07, 6.45) is 0. The lowest BCUT2D eigenvalue weighted by atomic mass is 9.95. The van der Waals surface area contributed by atoms with E-state index in [9.17, 15) is 14.3 Å². The van der Waals surface area contributed by atoms with Gasteiger partial charge in [0.1, 0.15) is 17.1 Å². The molecule has 0 saturated carbocycles. The normalized spacial score (nSPS) is 14.9. The minimum Gasteiger partial charge on any atom is -0.496 e. The van der Waals surface area contributed by atoms with Gasteiger partial charge < -0.3 is 9.84 Å². The first kappa shape index (κ1) is 16.2. The molecule has 1 N–H and O–H groups in total. The van der Waals surface area contributed by atoms with Gasteiger partial charge in [0.05, 0.1) is 12.7 Å². The summed E-state index contributed by atoms with van der Waals surface area (Å²) >= 11 is 0. The van der Waals surface area contributed by atoms with Crippen LogP contribution in [0.1, 0.15) is 26.3 Å². The topological polar surface area (TPSA) is 56.4 Å². The van der Waals surface area contributed by atoms with Crippen molar-refractivity contribution in [3.63, 3.8) is 0 Å². The number of nitrogens with zero attached hydrogens (tertiary/aromatic N) is 2. The maximum atomic E-state index is 14.7. The molecule has 126 valence electrons. The van der Waals surface area contributed by atoms with E-state index in [2.05, 4.69) is 11.8 Å². The number of hydrogen-bond donors (Lipinski definition) is 1. The lowest BCUT2D eigenvalue weighted by Crippen LogP contribution is -2.21. The van der Waals surface area contributed by atoms with Crippen molar-refractivity contribution >= 4 is 0 Å². The van der Waals surface area contributed by atoms with Crippen LogP contribution in [0.2, 0.25) is 0 Å². The summed E-state index contributed by atoms with van der Waals surface area (Å²) in [6, 6.07) is 2.80. The van der Waals surface area contributed by atoms with Gasteiger partial charge in [0.25, 0.3) is 5.56 Å². The third kappa shape index (κ3) is 2.37. The Morgan fingerprint density at radius 3 is 2.50 bits per heavy atom. The minimum absolute atomic E-state index is 0.0335. The van der Waals surface area contributed by atoms with Crippen LogP contribution in [0, 0.1) is 23.1 Å².